The molecule has 0 unspecified atom stereocenters. The quantitative estimate of drug-likeness (QED) is 0.659. The third-order valence-corrected chi connectivity index (χ3v) is 2.39. The molecule has 0 bridgehead atoms. The van der Waals surface area contributed by atoms with Gasteiger partial charge in [-0.05, 0) is 29.5 Å². The lowest BCUT2D eigenvalue weighted by Crippen LogP contribution is -2.03. The summed E-state index contributed by atoms with van der Waals surface area (Å²) in [5.74, 6) is 0.681. The van der Waals surface area contributed by atoms with E-state index in [1.54, 1.807) is 0 Å². The fraction of sp³-hybridized carbons (Fsp3) is 0.200. The first-order valence-corrected chi connectivity index (χ1v) is 3.74. The lowest BCUT2D eigenvalue weighted by Gasteiger charge is -2.00. The molecule has 0 fully saturated rings. The van der Waals surface area contributed by atoms with Gasteiger partial charge in [-0.15, -0.1) is 0 Å². The first kappa shape index (κ1) is 7.52. The number of nitrogens with zero attached hydrogens (tertiary/aromatic N) is 2. The van der Waals surface area contributed by atoms with Gasteiger partial charge in [0.25, 0.3) is 0 Å². The number of nitrogens with two attached hydrogens (primary N) is 2. The normalized spacial score (nSPS) is 9.80. The molecular weight excluding hydrogens is 243 g/mol. The van der Waals surface area contributed by atoms with Crippen LogP contribution in [-0.2, 0) is 0 Å². The third kappa shape index (κ3) is 1.28. The average molecular weight is 250 g/mol. The van der Waals surface area contributed by atoms with Crippen LogP contribution in [0.3, 0.4) is 0 Å². The molecule has 0 saturated heterocycles. The lowest BCUT2D eigenvalue weighted by atomic mass is 10.4. The van der Waals surface area contributed by atoms with Crippen molar-refractivity contribution in [2.24, 2.45) is 0 Å². The summed E-state index contributed by atoms with van der Waals surface area (Å²) in [6.07, 6.45) is 0. The van der Waals surface area contributed by atoms with Crippen molar-refractivity contribution in [2.45, 2.75) is 6.92 Å². The Labute approximate surface area is 72.2 Å². The van der Waals surface area contributed by atoms with E-state index in [0.29, 0.717) is 5.82 Å². The maximum absolute atomic E-state index is 5.48. The molecule has 10 heavy (non-hydrogen) atoms. The number of halogens is 1. The summed E-state index contributed by atoms with van der Waals surface area (Å²) in [6.45, 7) is 1.84. The van der Waals surface area contributed by atoms with E-state index in [9.17, 15) is 0 Å². The van der Waals surface area contributed by atoms with Gasteiger partial charge in [0.1, 0.15) is 5.82 Å². The number of hydrogen-bond donors (Lipinski definition) is 2. The molecule has 0 aliphatic rings. The van der Waals surface area contributed by atoms with Gasteiger partial charge in [-0.2, -0.15) is 4.98 Å². The highest BCUT2D eigenvalue weighted by atomic mass is 127. The minimum absolute atomic E-state index is 0.232. The number of anilines is 2. The molecule has 0 aliphatic carbocycles. The van der Waals surface area contributed by atoms with Gasteiger partial charge >= 0.3 is 0 Å². The van der Waals surface area contributed by atoms with Gasteiger partial charge in [0.05, 0.1) is 9.26 Å². The third-order valence-electron chi connectivity index (χ3n) is 1.06. The number of aromatic nitrogens is 2. The smallest absolute Gasteiger partial charge is 0.222 e. The molecule has 0 spiro atoms. The highest BCUT2D eigenvalue weighted by Gasteiger charge is 2.02. The van der Waals surface area contributed by atoms with Crippen LogP contribution >= 0.6 is 22.6 Å². The molecule has 4 N–H and O–H groups in total. The van der Waals surface area contributed by atoms with E-state index in [1.807, 2.05) is 6.92 Å². The van der Waals surface area contributed by atoms with E-state index in [1.165, 1.54) is 0 Å². The van der Waals surface area contributed by atoms with Crippen LogP contribution in [0.2, 0.25) is 0 Å². The van der Waals surface area contributed by atoms with Crippen LogP contribution in [0.4, 0.5) is 11.8 Å². The molecule has 1 aromatic rings. The van der Waals surface area contributed by atoms with Crippen LogP contribution in [0, 0.1) is 10.5 Å². The summed E-state index contributed by atoms with van der Waals surface area (Å²) in [5, 5.41) is 0. The van der Waals surface area contributed by atoms with Crippen molar-refractivity contribution in [3.63, 3.8) is 0 Å². The molecule has 5 heteroatoms. The van der Waals surface area contributed by atoms with Crippen molar-refractivity contribution >= 4 is 34.4 Å². The number of nitrogen functional groups attached to an aromatic ring is 2. The topological polar surface area (TPSA) is 77.8 Å². The van der Waals surface area contributed by atoms with Crippen molar-refractivity contribution in [2.75, 3.05) is 11.5 Å². The van der Waals surface area contributed by atoms with Crippen molar-refractivity contribution in [3.8, 4) is 0 Å². The zero-order valence-electron chi connectivity index (χ0n) is 5.43. The highest BCUT2D eigenvalue weighted by Crippen LogP contribution is 2.15. The maximum atomic E-state index is 5.48. The molecular formula is C5H7IN4. The van der Waals surface area contributed by atoms with E-state index < -0.39 is 0 Å². The maximum Gasteiger partial charge on any atom is 0.222 e. The van der Waals surface area contributed by atoms with Gasteiger partial charge < -0.3 is 11.5 Å². The summed E-state index contributed by atoms with van der Waals surface area (Å²) in [5.41, 5.74) is 11.6. The van der Waals surface area contributed by atoms with Crippen LogP contribution < -0.4 is 11.5 Å². The van der Waals surface area contributed by atoms with Gasteiger partial charge in [-0.1, -0.05) is 0 Å². The van der Waals surface area contributed by atoms with Gasteiger partial charge in [-0.3, -0.25) is 0 Å². The van der Waals surface area contributed by atoms with Gasteiger partial charge in [0, 0.05) is 0 Å². The van der Waals surface area contributed by atoms with Crippen molar-refractivity contribution < 1.29 is 0 Å². The molecule has 0 aromatic carbocycles. The number of hydrogen-bond acceptors (Lipinski definition) is 4. The summed E-state index contributed by atoms with van der Waals surface area (Å²) in [6, 6.07) is 0. The van der Waals surface area contributed by atoms with Gasteiger partial charge in [0.15, 0.2) is 0 Å². The van der Waals surface area contributed by atoms with Gasteiger partial charge in [-0.25, -0.2) is 4.98 Å². The summed E-state index contributed by atoms with van der Waals surface area (Å²) in [7, 11) is 0. The van der Waals surface area contributed by atoms with E-state index in [0.717, 1.165) is 9.26 Å². The van der Waals surface area contributed by atoms with Gasteiger partial charge in [0.2, 0.25) is 5.95 Å². The Morgan fingerprint density at radius 3 is 2.40 bits per heavy atom. The number of aryl methyl sites for hydroxylation is 1. The second-order valence-electron chi connectivity index (χ2n) is 1.87. The standard InChI is InChI=1S/C5H7IN4/c1-2-3(6)4(7)10-5(8)9-2/h1H3,(H4,7,8,9,10). The van der Waals surface area contributed by atoms with E-state index in [-0.39, 0.29) is 5.95 Å². The first-order chi connectivity index (χ1) is 4.61. The van der Waals surface area contributed by atoms with E-state index in [4.69, 9.17) is 11.5 Å². The van der Waals surface area contributed by atoms with Crippen LogP contribution in [-0.4, -0.2) is 9.97 Å². The Morgan fingerprint density at radius 1 is 1.30 bits per heavy atom. The Bertz CT molecular complexity index is 237. The Kier molecular flexibility index (Phi) is 1.93. The highest BCUT2D eigenvalue weighted by molar-refractivity contribution is 14.1. The molecule has 1 heterocycles. The Hall–Kier alpha value is -0.590. The predicted octanol–water partition coefficient (Wildman–Crippen LogP) is 0.554. The summed E-state index contributed by atoms with van der Waals surface area (Å²) in [4.78, 5) is 7.68. The molecule has 1 rings (SSSR count). The van der Waals surface area contributed by atoms with Crippen LogP contribution in [0.1, 0.15) is 5.69 Å². The minimum Gasteiger partial charge on any atom is -0.383 e. The van der Waals surface area contributed by atoms with Crippen LogP contribution in [0.25, 0.3) is 0 Å². The number of rotatable bonds is 0. The molecule has 0 atom stereocenters. The van der Waals surface area contributed by atoms with Crippen LogP contribution in [0.5, 0.6) is 0 Å². The minimum atomic E-state index is 0.232. The zero-order valence-corrected chi connectivity index (χ0v) is 7.58. The second-order valence-corrected chi connectivity index (χ2v) is 2.95. The molecule has 54 valence electrons. The Morgan fingerprint density at radius 2 is 1.90 bits per heavy atom. The molecule has 1 aromatic heterocycles. The second kappa shape index (κ2) is 2.57. The van der Waals surface area contributed by atoms with Crippen molar-refractivity contribution in [1.29, 1.82) is 0 Å². The molecule has 4 nitrogen and oxygen atoms in total. The van der Waals surface area contributed by atoms with Crippen molar-refractivity contribution in [1.82, 2.24) is 9.97 Å². The van der Waals surface area contributed by atoms with E-state index in [2.05, 4.69) is 32.6 Å². The molecule has 0 radical (unpaired) electrons. The van der Waals surface area contributed by atoms with Crippen molar-refractivity contribution in [3.05, 3.63) is 9.26 Å². The predicted molar refractivity (Wildman–Crippen MR) is 48.3 cm³/mol. The van der Waals surface area contributed by atoms with Crippen LogP contribution in [0.15, 0.2) is 0 Å². The zero-order chi connectivity index (χ0) is 7.72. The average Bonchev–Trinajstić information content (AvgIpc) is 1.82. The fourth-order valence-electron chi connectivity index (χ4n) is 0.604. The Balaban J connectivity index is 3.31. The summed E-state index contributed by atoms with van der Waals surface area (Å²) < 4.78 is 0.867. The SMILES string of the molecule is Cc1nc(N)nc(N)c1I. The molecule has 0 saturated carbocycles. The fourth-order valence-corrected chi connectivity index (χ4v) is 0.845. The largest absolute Gasteiger partial charge is 0.383 e. The first-order valence-electron chi connectivity index (χ1n) is 2.66. The molecule has 0 amide bonds. The monoisotopic (exact) mass is 250 g/mol. The van der Waals surface area contributed by atoms with E-state index >= 15 is 0 Å². The molecule has 0 aliphatic heterocycles. The lowest BCUT2D eigenvalue weighted by molar-refractivity contribution is 1.11. The summed E-state index contributed by atoms with van der Waals surface area (Å²) >= 11 is 2.08.